The number of para-hydroxylation sites is 2. The van der Waals surface area contributed by atoms with E-state index in [1.807, 2.05) is 0 Å². The van der Waals surface area contributed by atoms with Gasteiger partial charge < -0.3 is 5.43 Å². The van der Waals surface area contributed by atoms with E-state index in [1.165, 1.54) is 37.4 Å². The minimum absolute atomic E-state index is 0.0201. The summed E-state index contributed by atoms with van der Waals surface area (Å²) in [5, 5.41) is 0. The van der Waals surface area contributed by atoms with Gasteiger partial charge in [-0.3, -0.25) is 10.1 Å². The van der Waals surface area contributed by atoms with Crippen molar-refractivity contribution in [2.75, 3.05) is 16.8 Å². The molecule has 0 saturated carbocycles. The molecule has 0 aromatic heterocycles. The van der Waals surface area contributed by atoms with Crippen LogP contribution in [0, 0.1) is 5.82 Å². The molecule has 0 amide bonds. The van der Waals surface area contributed by atoms with E-state index in [2.05, 4.69) is 5.43 Å². The number of nitrogens with one attached hydrogen (secondary N) is 1. The van der Waals surface area contributed by atoms with Crippen molar-refractivity contribution in [1.82, 2.24) is 0 Å². The minimum atomic E-state index is -3.91. The predicted molar refractivity (Wildman–Crippen MR) is 76.2 cm³/mol. The summed E-state index contributed by atoms with van der Waals surface area (Å²) in [6.45, 7) is 0. The van der Waals surface area contributed by atoms with Crippen molar-refractivity contribution in [3.8, 4) is 0 Å². The maximum atomic E-state index is 13.7. The van der Waals surface area contributed by atoms with Crippen LogP contribution < -0.4 is 15.6 Å². The standard InChI is InChI=1S/C13H14FN3O2S/c1-17(12-8-4-2-6-10(12)14)20(18,19)13-9-5-3-7-11(13)16-15/h2-9,16H,15H2,1H3. The molecule has 0 unspecified atom stereocenters. The smallest absolute Gasteiger partial charge is 0.266 e. The summed E-state index contributed by atoms with van der Waals surface area (Å²) < 4.78 is 39.7. The molecule has 0 aliphatic carbocycles. The number of sulfonamides is 1. The number of nitrogen functional groups attached to an aromatic ring is 1. The zero-order valence-corrected chi connectivity index (χ0v) is 11.6. The minimum Gasteiger partial charge on any atom is -0.323 e. The second-order valence-electron chi connectivity index (χ2n) is 4.06. The highest BCUT2D eigenvalue weighted by molar-refractivity contribution is 7.93. The number of halogens is 1. The zero-order valence-electron chi connectivity index (χ0n) is 10.7. The Morgan fingerprint density at radius 3 is 2.35 bits per heavy atom. The number of nitrogens with zero attached hydrogens (tertiary/aromatic N) is 1. The van der Waals surface area contributed by atoms with E-state index in [0.717, 1.165) is 4.31 Å². The molecule has 7 heteroatoms. The Hall–Kier alpha value is -2.12. The van der Waals surface area contributed by atoms with Crippen LogP contribution in [0.1, 0.15) is 0 Å². The summed E-state index contributed by atoms with van der Waals surface area (Å²) in [6, 6.07) is 11.8. The largest absolute Gasteiger partial charge is 0.323 e. The van der Waals surface area contributed by atoms with Gasteiger partial charge in [-0.05, 0) is 24.3 Å². The van der Waals surface area contributed by atoms with Gasteiger partial charge in [0.25, 0.3) is 10.0 Å². The first-order chi connectivity index (χ1) is 9.48. The van der Waals surface area contributed by atoms with Gasteiger partial charge in [0.2, 0.25) is 0 Å². The molecular formula is C13H14FN3O2S. The lowest BCUT2D eigenvalue weighted by Gasteiger charge is -2.21. The molecule has 0 heterocycles. The van der Waals surface area contributed by atoms with Crippen LogP contribution in [0.2, 0.25) is 0 Å². The van der Waals surface area contributed by atoms with E-state index in [1.54, 1.807) is 18.2 Å². The molecule has 0 fully saturated rings. The van der Waals surface area contributed by atoms with Gasteiger partial charge in [0.1, 0.15) is 10.7 Å². The van der Waals surface area contributed by atoms with Gasteiger partial charge in [0, 0.05) is 7.05 Å². The third-order valence-electron chi connectivity index (χ3n) is 2.87. The van der Waals surface area contributed by atoms with Crippen molar-refractivity contribution in [3.05, 3.63) is 54.3 Å². The van der Waals surface area contributed by atoms with Crippen LogP contribution in [-0.4, -0.2) is 15.5 Å². The van der Waals surface area contributed by atoms with Crippen molar-refractivity contribution in [3.63, 3.8) is 0 Å². The summed E-state index contributed by atoms with van der Waals surface area (Å²) in [4.78, 5) is -0.0201. The first kappa shape index (κ1) is 14.3. The van der Waals surface area contributed by atoms with Crippen molar-refractivity contribution in [2.24, 2.45) is 5.84 Å². The number of hydrazine groups is 1. The first-order valence-corrected chi connectivity index (χ1v) is 7.21. The molecule has 106 valence electrons. The molecule has 0 bridgehead atoms. The maximum absolute atomic E-state index is 13.7. The lowest BCUT2D eigenvalue weighted by molar-refractivity contribution is 0.590. The van der Waals surface area contributed by atoms with E-state index in [-0.39, 0.29) is 16.3 Å². The maximum Gasteiger partial charge on any atom is 0.266 e. The van der Waals surface area contributed by atoms with Crippen molar-refractivity contribution in [2.45, 2.75) is 4.90 Å². The highest BCUT2D eigenvalue weighted by Crippen LogP contribution is 2.28. The van der Waals surface area contributed by atoms with E-state index in [9.17, 15) is 12.8 Å². The quantitative estimate of drug-likeness (QED) is 0.667. The summed E-state index contributed by atoms with van der Waals surface area (Å²) in [6.07, 6.45) is 0. The van der Waals surface area contributed by atoms with Crippen LogP contribution in [0.4, 0.5) is 15.8 Å². The lowest BCUT2D eigenvalue weighted by atomic mass is 10.3. The third-order valence-corrected chi connectivity index (χ3v) is 4.70. The molecule has 0 radical (unpaired) electrons. The number of benzene rings is 2. The number of nitrogens with two attached hydrogens (primary N) is 1. The molecule has 2 rings (SSSR count). The van der Waals surface area contributed by atoms with E-state index < -0.39 is 15.8 Å². The lowest BCUT2D eigenvalue weighted by Crippen LogP contribution is -2.28. The van der Waals surface area contributed by atoms with Crippen molar-refractivity contribution >= 4 is 21.4 Å². The highest BCUT2D eigenvalue weighted by Gasteiger charge is 2.25. The predicted octanol–water partition coefficient (Wildman–Crippen LogP) is 1.94. The number of anilines is 2. The summed E-state index contributed by atoms with van der Waals surface area (Å²) >= 11 is 0. The average Bonchev–Trinajstić information content (AvgIpc) is 2.47. The Labute approximate surface area is 116 Å². The molecule has 0 atom stereocenters. The number of rotatable bonds is 4. The second kappa shape index (κ2) is 5.48. The van der Waals surface area contributed by atoms with E-state index in [4.69, 9.17) is 5.84 Å². The van der Waals surface area contributed by atoms with Crippen molar-refractivity contribution < 1.29 is 12.8 Å². The Morgan fingerprint density at radius 1 is 1.10 bits per heavy atom. The molecular weight excluding hydrogens is 281 g/mol. The fourth-order valence-electron chi connectivity index (χ4n) is 1.79. The molecule has 0 spiro atoms. The normalized spacial score (nSPS) is 11.2. The molecule has 0 aliphatic rings. The van der Waals surface area contributed by atoms with Gasteiger partial charge in [-0.1, -0.05) is 24.3 Å². The Balaban J connectivity index is 2.53. The Morgan fingerprint density at radius 2 is 1.70 bits per heavy atom. The topological polar surface area (TPSA) is 75.4 Å². The zero-order chi connectivity index (χ0) is 14.8. The van der Waals surface area contributed by atoms with Crippen LogP contribution in [0.25, 0.3) is 0 Å². The molecule has 0 aliphatic heterocycles. The average molecular weight is 295 g/mol. The highest BCUT2D eigenvalue weighted by atomic mass is 32.2. The van der Waals surface area contributed by atoms with Gasteiger partial charge in [-0.25, -0.2) is 12.8 Å². The molecule has 2 aromatic carbocycles. The van der Waals surface area contributed by atoms with Crippen LogP contribution in [-0.2, 0) is 10.0 Å². The second-order valence-corrected chi connectivity index (χ2v) is 6.00. The molecule has 20 heavy (non-hydrogen) atoms. The van der Waals surface area contributed by atoms with Crippen molar-refractivity contribution in [1.29, 1.82) is 0 Å². The SMILES string of the molecule is CN(c1ccccc1F)S(=O)(=O)c1ccccc1NN. The van der Waals surface area contributed by atoms with E-state index in [0.29, 0.717) is 0 Å². The van der Waals surface area contributed by atoms with Gasteiger partial charge in [-0.15, -0.1) is 0 Å². The van der Waals surface area contributed by atoms with Crippen LogP contribution in [0.3, 0.4) is 0 Å². The van der Waals surface area contributed by atoms with Crippen LogP contribution in [0.5, 0.6) is 0 Å². The van der Waals surface area contributed by atoms with E-state index >= 15 is 0 Å². The fraction of sp³-hybridized carbons (Fsp3) is 0.0769. The van der Waals surface area contributed by atoms with Crippen LogP contribution >= 0.6 is 0 Å². The molecule has 3 N–H and O–H groups in total. The monoisotopic (exact) mass is 295 g/mol. The molecule has 2 aromatic rings. The number of hydrogen-bond donors (Lipinski definition) is 2. The third kappa shape index (κ3) is 2.45. The van der Waals surface area contributed by atoms with Gasteiger partial charge >= 0.3 is 0 Å². The number of hydrogen-bond acceptors (Lipinski definition) is 4. The molecule has 5 nitrogen and oxygen atoms in total. The Bertz CT molecular complexity index is 719. The fourth-order valence-corrected chi connectivity index (χ4v) is 3.15. The van der Waals surface area contributed by atoms with Gasteiger partial charge in [0.05, 0.1) is 11.4 Å². The van der Waals surface area contributed by atoms with Gasteiger partial charge in [-0.2, -0.15) is 0 Å². The summed E-state index contributed by atoms with van der Waals surface area (Å²) in [7, 11) is -2.61. The summed E-state index contributed by atoms with van der Waals surface area (Å²) in [5.41, 5.74) is 2.54. The van der Waals surface area contributed by atoms with Crippen LogP contribution in [0.15, 0.2) is 53.4 Å². The first-order valence-electron chi connectivity index (χ1n) is 5.77. The summed E-state index contributed by atoms with van der Waals surface area (Å²) in [5.74, 6) is 4.69. The van der Waals surface area contributed by atoms with Gasteiger partial charge in [0.15, 0.2) is 0 Å². The molecule has 0 saturated heterocycles. The Kier molecular flexibility index (Phi) is 3.91.